The molecule has 0 radical (unpaired) electrons. The van der Waals surface area contributed by atoms with Gasteiger partial charge in [0.1, 0.15) is 0 Å². The first-order valence-corrected chi connectivity index (χ1v) is 8.34. The van der Waals surface area contributed by atoms with Gasteiger partial charge in [-0.1, -0.05) is 0 Å². The zero-order chi connectivity index (χ0) is 15.3. The van der Waals surface area contributed by atoms with Crippen LogP contribution in [0.4, 0.5) is 0 Å². The lowest BCUT2D eigenvalue weighted by Gasteiger charge is -2.18. The smallest absolute Gasteiger partial charge is 0.242 e. The number of hydrogen-bond donors (Lipinski definition) is 0. The van der Waals surface area contributed by atoms with Crippen LogP contribution in [-0.2, 0) is 14.8 Å². The Morgan fingerprint density at radius 2 is 1.95 bits per heavy atom. The Morgan fingerprint density at radius 3 is 2.67 bits per heavy atom. The Bertz CT molecular complexity index is 573. The van der Waals surface area contributed by atoms with Gasteiger partial charge in [-0.25, -0.2) is 12.7 Å². The van der Waals surface area contributed by atoms with Gasteiger partial charge in [-0.3, -0.25) is 0 Å². The van der Waals surface area contributed by atoms with E-state index in [0.29, 0.717) is 44.3 Å². The number of hydrogen-bond acceptors (Lipinski definition) is 5. The topological polar surface area (TPSA) is 65.1 Å². The highest BCUT2D eigenvalue weighted by molar-refractivity contribution is 7.89. The van der Waals surface area contributed by atoms with Gasteiger partial charge in [-0.15, -0.1) is 0 Å². The fourth-order valence-electron chi connectivity index (χ4n) is 2.04. The van der Waals surface area contributed by atoms with Crippen LogP contribution in [0.2, 0.25) is 0 Å². The quantitative estimate of drug-likeness (QED) is 0.745. The van der Waals surface area contributed by atoms with Gasteiger partial charge >= 0.3 is 0 Å². The second kappa shape index (κ2) is 7.11. The van der Waals surface area contributed by atoms with E-state index < -0.39 is 10.0 Å². The lowest BCUT2D eigenvalue weighted by molar-refractivity contribution is 0.189. The molecular weight excluding hydrogens is 294 g/mol. The first kappa shape index (κ1) is 16.1. The van der Waals surface area contributed by atoms with E-state index in [1.807, 2.05) is 0 Å². The van der Waals surface area contributed by atoms with Crippen molar-refractivity contribution in [2.45, 2.75) is 17.7 Å². The summed E-state index contributed by atoms with van der Waals surface area (Å²) in [7, 11) is -0.364. The fraction of sp³-hybridized carbons (Fsp3) is 0.571. The molecule has 0 spiro atoms. The summed E-state index contributed by atoms with van der Waals surface area (Å²) in [6, 6.07) is 4.73. The van der Waals surface area contributed by atoms with Crippen molar-refractivity contribution in [3.63, 3.8) is 0 Å². The maximum absolute atomic E-state index is 12.5. The lowest BCUT2D eigenvalue weighted by atomic mass is 10.3. The molecule has 0 amide bonds. The molecule has 0 saturated carbocycles. The van der Waals surface area contributed by atoms with Crippen molar-refractivity contribution in [3.05, 3.63) is 18.2 Å². The Kier molecular flexibility index (Phi) is 5.44. The molecule has 0 atom stereocenters. The van der Waals surface area contributed by atoms with Crippen LogP contribution in [0.1, 0.15) is 12.8 Å². The van der Waals surface area contributed by atoms with Crippen LogP contribution in [0.3, 0.4) is 0 Å². The molecule has 2 rings (SSSR count). The van der Waals surface area contributed by atoms with Gasteiger partial charge in [0.2, 0.25) is 10.0 Å². The number of methoxy groups -OCH3 is 1. The molecule has 0 bridgehead atoms. The molecule has 0 unspecified atom stereocenters. The van der Waals surface area contributed by atoms with Crippen LogP contribution in [-0.4, -0.2) is 53.2 Å². The van der Waals surface area contributed by atoms with E-state index in [1.165, 1.54) is 10.4 Å². The maximum atomic E-state index is 12.5. The van der Waals surface area contributed by atoms with E-state index in [2.05, 4.69) is 0 Å². The standard InChI is InChI=1S/C14H21NO5S/c1-15(7-3-8-18-2)21(16,17)12-5-6-13-14(11-12)20-10-4-9-19-13/h5-6,11H,3-4,7-10H2,1-2H3. The molecule has 1 aromatic rings. The number of sulfonamides is 1. The van der Waals surface area contributed by atoms with Gasteiger partial charge in [0.15, 0.2) is 11.5 Å². The van der Waals surface area contributed by atoms with E-state index in [9.17, 15) is 8.42 Å². The van der Waals surface area contributed by atoms with Crippen LogP contribution in [0.15, 0.2) is 23.1 Å². The third-order valence-corrected chi connectivity index (χ3v) is 5.10. The van der Waals surface area contributed by atoms with E-state index in [4.69, 9.17) is 14.2 Å². The average Bonchev–Trinajstić information content (AvgIpc) is 2.71. The molecule has 6 nitrogen and oxygen atoms in total. The SMILES string of the molecule is COCCCN(C)S(=O)(=O)c1ccc2c(c1)OCCCO2. The van der Waals surface area contributed by atoms with E-state index in [-0.39, 0.29) is 4.90 Å². The summed E-state index contributed by atoms with van der Waals surface area (Å²) in [6.07, 6.45) is 1.43. The molecular formula is C14H21NO5S. The van der Waals surface area contributed by atoms with Crippen LogP contribution in [0.5, 0.6) is 11.5 Å². The number of nitrogens with zero attached hydrogens (tertiary/aromatic N) is 1. The van der Waals surface area contributed by atoms with E-state index in [1.54, 1.807) is 26.3 Å². The van der Waals surface area contributed by atoms with Crippen molar-refractivity contribution in [2.75, 3.05) is 40.5 Å². The van der Waals surface area contributed by atoms with Gasteiger partial charge in [-0.05, 0) is 18.6 Å². The van der Waals surface area contributed by atoms with Crippen molar-refractivity contribution < 1.29 is 22.6 Å². The van der Waals surface area contributed by atoms with E-state index >= 15 is 0 Å². The predicted molar refractivity (Wildman–Crippen MR) is 78.4 cm³/mol. The second-order valence-corrected chi connectivity index (χ2v) is 6.88. The number of ether oxygens (including phenoxy) is 3. The Hall–Kier alpha value is -1.31. The largest absolute Gasteiger partial charge is 0.490 e. The van der Waals surface area contributed by atoms with Crippen LogP contribution in [0.25, 0.3) is 0 Å². The minimum atomic E-state index is -3.52. The van der Waals surface area contributed by atoms with Gasteiger partial charge in [-0.2, -0.15) is 0 Å². The normalized spacial score (nSPS) is 15.0. The molecule has 21 heavy (non-hydrogen) atoms. The van der Waals surface area contributed by atoms with E-state index in [0.717, 1.165) is 6.42 Å². The molecule has 0 saturated heterocycles. The highest BCUT2D eigenvalue weighted by Gasteiger charge is 2.23. The molecule has 1 aliphatic rings. The van der Waals surface area contributed by atoms with Crippen molar-refractivity contribution in [1.29, 1.82) is 0 Å². The summed E-state index contributed by atoms with van der Waals surface area (Å²) in [5.74, 6) is 1.08. The summed E-state index contributed by atoms with van der Waals surface area (Å²) in [6.45, 7) is 2.04. The Balaban J connectivity index is 2.18. The zero-order valence-electron chi connectivity index (χ0n) is 12.4. The summed E-state index contributed by atoms with van der Waals surface area (Å²) >= 11 is 0. The van der Waals surface area contributed by atoms with Crippen molar-refractivity contribution in [1.82, 2.24) is 4.31 Å². The van der Waals surface area contributed by atoms with Crippen molar-refractivity contribution in [2.24, 2.45) is 0 Å². The van der Waals surface area contributed by atoms with Crippen LogP contribution < -0.4 is 9.47 Å². The van der Waals surface area contributed by atoms with Gasteiger partial charge in [0.25, 0.3) is 0 Å². The summed E-state index contributed by atoms with van der Waals surface area (Å²) < 4.78 is 42.3. The molecule has 1 aromatic carbocycles. The molecule has 7 heteroatoms. The Labute approximate surface area is 125 Å². The first-order chi connectivity index (χ1) is 10.1. The number of rotatable bonds is 6. The molecule has 0 fully saturated rings. The fourth-order valence-corrected chi connectivity index (χ4v) is 3.26. The molecule has 0 aliphatic carbocycles. The lowest BCUT2D eigenvalue weighted by Crippen LogP contribution is -2.28. The monoisotopic (exact) mass is 315 g/mol. The minimum absolute atomic E-state index is 0.215. The zero-order valence-corrected chi connectivity index (χ0v) is 13.2. The summed E-state index contributed by atoms with van der Waals surface area (Å²) in [4.78, 5) is 0.215. The van der Waals surface area contributed by atoms with Crippen LogP contribution >= 0.6 is 0 Å². The minimum Gasteiger partial charge on any atom is -0.490 e. The third kappa shape index (κ3) is 3.87. The molecule has 1 heterocycles. The number of fused-ring (bicyclic) bond motifs is 1. The average molecular weight is 315 g/mol. The van der Waals surface area contributed by atoms with Crippen molar-refractivity contribution in [3.8, 4) is 11.5 Å². The molecule has 0 N–H and O–H groups in total. The Morgan fingerprint density at radius 1 is 1.24 bits per heavy atom. The van der Waals surface area contributed by atoms with Gasteiger partial charge in [0, 0.05) is 39.8 Å². The molecule has 118 valence electrons. The molecule has 0 aromatic heterocycles. The van der Waals surface area contributed by atoms with Gasteiger partial charge < -0.3 is 14.2 Å². The highest BCUT2D eigenvalue weighted by atomic mass is 32.2. The summed E-state index contributed by atoms with van der Waals surface area (Å²) in [5, 5.41) is 0. The van der Waals surface area contributed by atoms with Crippen LogP contribution in [0, 0.1) is 0 Å². The van der Waals surface area contributed by atoms with Gasteiger partial charge in [0.05, 0.1) is 18.1 Å². The highest BCUT2D eigenvalue weighted by Crippen LogP contribution is 2.32. The third-order valence-electron chi connectivity index (χ3n) is 3.25. The molecule has 1 aliphatic heterocycles. The first-order valence-electron chi connectivity index (χ1n) is 6.90. The maximum Gasteiger partial charge on any atom is 0.242 e. The van der Waals surface area contributed by atoms with Crippen molar-refractivity contribution >= 4 is 10.0 Å². The predicted octanol–water partition coefficient (Wildman–Crippen LogP) is 1.50. The summed E-state index contributed by atoms with van der Waals surface area (Å²) in [5.41, 5.74) is 0. The number of benzene rings is 1. The second-order valence-electron chi connectivity index (χ2n) is 4.83.